The Bertz CT molecular complexity index is 1240. The number of hydrogen-bond donors (Lipinski definition) is 3. The molecular formula is C27H26N4O2S. The molecule has 3 N–H and O–H groups in total. The van der Waals surface area contributed by atoms with Gasteiger partial charge in [0, 0.05) is 17.1 Å². The monoisotopic (exact) mass is 470 g/mol. The average molecular weight is 471 g/mol. The number of amidine groups is 1. The zero-order valence-corrected chi connectivity index (χ0v) is 19.9. The van der Waals surface area contributed by atoms with Gasteiger partial charge in [0.15, 0.2) is 5.17 Å². The molecule has 0 unspecified atom stereocenters. The maximum absolute atomic E-state index is 13.2. The fourth-order valence-corrected chi connectivity index (χ4v) is 4.41. The van der Waals surface area contributed by atoms with Crippen molar-refractivity contribution in [3.05, 3.63) is 107 Å². The smallest absolute Gasteiger partial charge is 0.255 e. The van der Waals surface area contributed by atoms with Gasteiger partial charge in [0.25, 0.3) is 5.91 Å². The molecule has 0 aromatic heterocycles. The second-order valence-corrected chi connectivity index (χ2v) is 8.90. The molecule has 2 amide bonds. The van der Waals surface area contributed by atoms with Crippen LogP contribution in [0.2, 0.25) is 0 Å². The second kappa shape index (κ2) is 10.9. The predicted molar refractivity (Wildman–Crippen MR) is 140 cm³/mol. The molecule has 1 aliphatic rings. The molecule has 4 rings (SSSR count). The van der Waals surface area contributed by atoms with Crippen LogP contribution < -0.4 is 16.0 Å². The Morgan fingerprint density at radius 3 is 2.26 bits per heavy atom. The zero-order chi connectivity index (χ0) is 23.9. The van der Waals surface area contributed by atoms with E-state index in [1.54, 1.807) is 0 Å². The van der Waals surface area contributed by atoms with Crippen molar-refractivity contribution in [1.29, 1.82) is 0 Å². The molecule has 6 nitrogen and oxygen atoms in total. The number of nitrogens with zero attached hydrogens (tertiary/aromatic N) is 1. The van der Waals surface area contributed by atoms with Crippen molar-refractivity contribution >= 4 is 40.1 Å². The number of hydrogen-bond acceptors (Lipinski definition) is 5. The third-order valence-corrected chi connectivity index (χ3v) is 6.14. The molecule has 0 aliphatic carbocycles. The first kappa shape index (κ1) is 23.3. The summed E-state index contributed by atoms with van der Waals surface area (Å²) in [5, 5.41) is 9.69. The van der Waals surface area contributed by atoms with Crippen molar-refractivity contribution in [1.82, 2.24) is 5.32 Å². The van der Waals surface area contributed by atoms with Crippen LogP contribution in [-0.2, 0) is 9.59 Å². The molecule has 1 aliphatic heterocycles. The van der Waals surface area contributed by atoms with Gasteiger partial charge < -0.3 is 16.0 Å². The summed E-state index contributed by atoms with van der Waals surface area (Å²) < 4.78 is 0. The lowest BCUT2D eigenvalue weighted by Crippen LogP contribution is -2.32. The first-order valence-corrected chi connectivity index (χ1v) is 11.9. The van der Waals surface area contributed by atoms with E-state index in [4.69, 9.17) is 4.99 Å². The van der Waals surface area contributed by atoms with E-state index in [0.29, 0.717) is 16.4 Å². The summed E-state index contributed by atoms with van der Waals surface area (Å²) in [7, 11) is 0. The lowest BCUT2D eigenvalue weighted by atomic mass is 9.96. The minimum absolute atomic E-state index is 0.120. The van der Waals surface area contributed by atoms with E-state index in [1.165, 1.54) is 11.8 Å². The van der Waals surface area contributed by atoms with E-state index >= 15 is 0 Å². The lowest BCUT2D eigenvalue weighted by molar-refractivity contribution is -0.114. The first-order valence-electron chi connectivity index (χ1n) is 11.0. The van der Waals surface area contributed by atoms with Crippen LogP contribution in [0.4, 0.5) is 11.4 Å². The molecule has 0 saturated carbocycles. The number of rotatable bonds is 6. The molecule has 0 fully saturated rings. The molecule has 0 bridgehead atoms. The normalized spacial score (nSPS) is 15.2. The van der Waals surface area contributed by atoms with E-state index in [9.17, 15) is 9.59 Å². The quantitative estimate of drug-likeness (QED) is 0.458. The molecule has 3 aromatic carbocycles. The van der Waals surface area contributed by atoms with Crippen LogP contribution in [0.3, 0.4) is 0 Å². The summed E-state index contributed by atoms with van der Waals surface area (Å²) >= 11 is 1.31. The number of allylic oxidation sites excluding steroid dienone is 1. The van der Waals surface area contributed by atoms with Crippen LogP contribution in [0.15, 0.2) is 101 Å². The fraction of sp³-hybridized carbons (Fsp3) is 0.148. The summed E-state index contributed by atoms with van der Waals surface area (Å²) in [6.07, 6.45) is 0. The van der Waals surface area contributed by atoms with Crippen molar-refractivity contribution in [3.8, 4) is 0 Å². The number of aliphatic imine (C=N–C) groups is 1. The highest BCUT2D eigenvalue weighted by Crippen LogP contribution is 2.33. The zero-order valence-electron chi connectivity index (χ0n) is 19.0. The number of aryl methyl sites for hydroxylation is 1. The Kier molecular flexibility index (Phi) is 7.44. The van der Waals surface area contributed by atoms with Crippen LogP contribution in [0.5, 0.6) is 0 Å². The third-order valence-electron chi connectivity index (χ3n) is 5.25. The minimum Gasteiger partial charge on any atom is -0.338 e. The van der Waals surface area contributed by atoms with E-state index in [0.717, 1.165) is 22.5 Å². The van der Waals surface area contributed by atoms with Crippen LogP contribution in [0.25, 0.3) is 0 Å². The van der Waals surface area contributed by atoms with Crippen molar-refractivity contribution in [2.75, 3.05) is 16.4 Å². The van der Waals surface area contributed by atoms with Crippen molar-refractivity contribution in [2.24, 2.45) is 4.99 Å². The standard InChI is InChI=1S/C27H26N4O2S/c1-18-10-9-15-22(16-18)29-23(32)17-34-27-28-19(2)24(25(31-27)20-11-5-3-6-12-20)26(33)30-21-13-7-4-8-14-21/h3-16,25H,17H2,1-2H3,(H,28,31)(H,29,32)(H,30,33)/t25-/m1/s1. The van der Waals surface area contributed by atoms with E-state index < -0.39 is 6.04 Å². The number of benzene rings is 3. The maximum Gasteiger partial charge on any atom is 0.255 e. The Labute approximate surface area is 203 Å². The SMILES string of the molecule is CC1=C(C(=O)Nc2ccccc2)[C@@H](c2ccccc2)N=C(SCC(=O)Nc2cccc(C)c2)N1. The van der Waals surface area contributed by atoms with Crippen LogP contribution >= 0.6 is 11.8 Å². The Balaban J connectivity index is 1.50. The number of anilines is 2. The molecule has 0 saturated heterocycles. The van der Waals surface area contributed by atoms with Gasteiger partial charge in [-0.1, -0.05) is 72.4 Å². The van der Waals surface area contributed by atoms with Gasteiger partial charge in [0.05, 0.1) is 11.3 Å². The van der Waals surface area contributed by atoms with Crippen LogP contribution in [-0.4, -0.2) is 22.7 Å². The highest BCUT2D eigenvalue weighted by Gasteiger charge is 2.29. The van der Waals surface area contributed by atoms with Crippen molar-refractivity contribution in [2.45, 2.75) is 19.9 Å². The fourth-order valence-electron chi connectivity index (χ4n) is 3.66. The lowest BCUT2D eigenvalue weighted by Gasteiger charge is -2.26. The van der Waals surface area contributed by atoms with Gasteiger partial charge in [-0.15, -0.1) is 0 Å². The van der Waals surface area contributed by atoms with Gasteiger partial charge >= 0.3 is 0 Å². The largest absolute Gasteiger partial charge is 0.338 e. The summed E-state index contributed by atoms with van der Waals surface area (Å²) in [6, 6.07) is 26.2. The number of carbonyl (C=O) groups excluding carboxylic acids is 2. The third kappa shape index (κ3) is 5.94. The highest BCUT2D eigenvalue weighted by atomic mass is 32.2. The van der Waals surface area contributed by atoms with Gasteiger partial charge in [0.1, 0.15) is 6.04 Å². The molecule has 172 valence electrons. The number of amides is 2. The van der Waals surface area contributed by atoms with E-state index in [-0.39, 0.29) is 17.6 Å². The van der Waals surface area contributed by atoms with Gasteiger partial charge in [-0.3, -0.25) is 9.59 Å². The molecular weight excluding hydrogens is 444 g/mol. The van der Waals surface area contributed by atoms with Crippen LogP contribution in [0, 0.1) is 6.92 Å². The Morgan fingerprint density at radius 1 is 0.882 bits per heavy atom. The number of carbonyl (C=O) groups is 2. The van der Waals surface area contributed by atoms with Crippen molar-refractivity contribution in [3.63, 3.8) is 0 Å². The topological polar surface area (TPSA) is 82.6 Å². The van der Waals surface area contributed by atoms with Gasteiger partial charge in [-0.2, -0.15) is 0 Å². The van der Waals surface area contributed by atoms with Gasteiger partial charge in [-0.25, -0.2) is 4.99 Å². The average Bonchev–Trinajstić information content (AvgIpc) is 2.83. The van der Waals surface area contributed by atoms with Gasteiger partial charge in [-0.05, 0) is 49.2 Å². The molecule has 3 aromatic rings. The summed E-state index contributed by atoms with van der Waals surface area (Å²) in [4.78, 5) is 30.5. The number of para-hydroxylation sites is 1. The molecule has 0 spiro atoms. The maximum atomic E-state index is 13.2. The highest BCUT2D eigenvalue weighted by molar-refractivity contribution is 8.14. The Hall–Kier alpha value is -3.84. The summed E-state index contributed by atoms with van der Waals surface area (Å²) in [6.45, 7) is 3.84. The molecule has 7 heteroatoms. The molecule has 34 heavy (non-hydrogen) atoms. The van der Waals surface area contributed by atoms with Crippen molar-refractivity contribution < 1.29 is 9.59 Å². The summed E-state index contributed by atoms with van der Waals surface area (Å²) in [5.41, 5.74) is 4.72. The van der Waals surface area contributed by atoms with Crippen LogP contribution in [0.1, 0.15) is 24.1 Å². The number of nitrogens with one attached hydrogen (secondary N) is 3. The second-order valence-electron chi connectivity index (χ2n) is 7.94. The Morgan fingerprint density at radius 2 is 1.56 bits per heavy atom. The molecule has 1 atom stereocenters. The first-order chi connectivity index (χ1) is 16.5. The number of thioether (sulfide) groups is 1. The van der Waals surface area contributed by atoms with E-state index in [2.05, 4.69) is 16.0 Å². The van der Waals surface area contributed by atoms with E-state index in [1.807, 2.05) is 98.8 Å². The van der Waals surface area contributed by atoms with Gasteiger partial charge in [0.2, 0.25) is 5.91 Å². The predicted octanol–water partition coefficient (Wildman–Crippen LogP) is 5.28. The minimum atomic E-state index is -0.478. The molecule has 0 radical (unpaired) electrons. The summed E-state index contributed by atoms with van der Waals surface area (Å²) in [5.74, 6) is -0.138. The molecule has 1 heterocycles.